The zero-order chi connectivity index (χ0) is 20.5. The van der Waals surface area contributed by atoms with Gasteiger partial charge in [0.25, 0.3) is 0 Å². The minimum Gasteiger partial charge on any atom is -0.436 e. The van der Waals surface area contributed by atoms with E-state index in [9.17, 15) is 0 Å². The van der Waals surface area contributed by atoms with E-state index in [0.717, 1.165) is 40.0 Å². The molecule has 0 aliphatic carbocycles. The van der Waals surface area contributed by atoms with Gasteiger partial charge < -0.3 is 9.32 Å². The van der Waals surface area contributed by atoms with E-state index in [-0.39, 0.29) is 0 Å². The highest BCUT2D eigenvalue weighted by Gasteiger charge is 2.17. The van der Waals surface area contributed by atoms with Gasteiger partial charge in [-0.05, 0) is 41.3 Å². The predicted molar refractivity (Wildman–Crippen MR) is 124 cm³/mol. The van der Waals surface area contributed by atoms with Crippen LogP contribution in [0.5, 0.6) is 0 Å². The van der Waals surface area contributed by atoms with Gasteiger partial charge in [0.1, 0.15) is 5.52 Å². The van der Waals surface area contributed by atoms with Gasteiger partial charge in [-0.2, -0.15) is 0 Å². The zero-order valence-corrected chi connectivity index (χ0v) is 17.2. The van der Waals surface area contributed by atoms with Crippen molar-refractivity contribution in [2.24, 2.45) is 5.92 Å². The van der Waals surface area contributed by atoms with Crippen molar-refractivity contribution in [3.63, 3.8) is 0 Å². The Hall–Kier alpha value is -3.59. The summed E-state index contributed by atoms with van der Waals surface area (Å²) in [5.41, 5.74) is 7.38. The Kier molecular flexibility index (Phi) is 4.72. The van der Waals surface area contributed by atoms with Crippen LogP contribution in [0.25, 0.3) is 33.7 Å². The first kappa shape index (κ1) is 18.4. The molecule has 0 N–H and O–H groups in total. The molecule has 3 heteroatoms. The van der Waals surface area contributed by atoms with Gasteiger partial charge in [-0.3, -0.25) is 0 Å². The molecule has 0 fully saturated rings. The third kappa shape index (κ3) is 3.43. The van der Waals surface area contributed by atoms with Crippen LogP contribution in [-0.4, -0.2) is 11.5 Å². The van der Waals surface area contributed by atoms with E-state index >= 15 is 0 Å². The molecule has 0 unspecified atom stereocenters. The molecule has 30 heavy (non-hydrogen) atoms. The highest BCUT2D eigenvalue weighted by atomic mass is 16.3. The highest BCUT2D eigenvalue weighted by Crippen LogP contribution is 2.36. The molecule has 3 nitrogen and oxygen atoms in total. The second kappa shape index (κ2) is 7.68. The van der Waals surface area contributed by atoms with Crippen LogP contribution in [0.15, 0.2) is 101 Å². The fourth-order valence-electron chi connectivity index (χ4n) is 3.85. The van der Waals surface area contributed by atoms with E-state index < -0.39 is 0 Å². The summed E-state index contributed by atoms with van der Waals surface area (Å²) in [7, 11) is 0. The molecule has 148 valence electrons. The summed E-state index contributed by atoms with van der Waals surface area (Å²) in [6.07, 6.45) is 6.67. The van der Waals surface area contributed by atoms with E-state index in [1.165, 1.54) is 5.57 Å². The molecule has 4 aromatic rings. The summed E-state index contributed by atoms with van der Waals surface area (Å²) in [5, 5.41) is 0. The average molecular weight is 393 g/mol. The van der Waals surface area contributed by atoms with Gasteiger partial charge in [-0.1, -0.05) is 68.5 Å². The lowest BCUT2D eigenvalue weighted by Crippen LogP contribution is -2.19. The van der Waals surface area contributed by atoms with E-state index in [4.69, 9.17) is 9.40 Å². The van der Waals surface area contributed by atoms with Crippen LogP contribution in [0.1, 0.15) is 13.8 Å². The van der Waals surface area contributed by atoms with Crippen LogP contribution in [0.3, 0.4) is 0 Å². The van der Waals surface area contributed by atoms with E-state index in [1.54, 1.807) is 0 Å². The number of oxazole rings is 1. The smallest absolute Gasteiger partial charge is 0.227 e. The Morgan fingerprint density at radius 2 is 1.60 bits per heavy atom. The summed E-state index contributed by atoms with van der Waals surface area (Å²) in [6, 6.07) is 24.8. The maximum Gasteiger partial charge on any atom is 0.227 e. The first-order chi connectivity index (χ1) is 14.7. The number of benzene rings is 3. The van der Waals surface area contributed by atoms with Gasteiger partial charge in [0.05, 0.1) is 0 Å². The van der Waals surface area contributed by atoms with Crippen LogP contribution >= 0.6 is 0 Å². The Labute approximate surface area is 177 Å². The summed E-state index contributed by atoms with van der Waals surface area (Å²) >= 11 is 0. The fourth-order valence-corrected chi connectivity index (χ4v) is 3.85. The second-order valence-electron chi connectivity index (χ2n) is 7.92. The van der Waals surface area contributed by atoms with Gasteiger partial charge in [0.2, 0.25) is 5.89 Å². The molecule has 1 aromatic heterocycles. The van der Waals surface area contributed by atoms with Crippen molar-refractivity contribution >= 4 is 16.8 Å². The molecular weight excluding hydrogens is 368 g/mol. The molecule has 0 saturated carbocycles. The van der Waals surface area contributed by atoms with Crippen LogP contribution < -0.4 is 4.90 Å². The standard InChI is InChI=1S/C27H24N2O/c1-19(2)20-13-15-29(16-14-20)23-17-24(21-9-5-3-6-10-21)26-25(18-23)30-27(28-26)22-11-7-4-8-12-22/h3-15,17-19H,16H2,1-2H3. The van der Waals surface area contributed by atoms with Gasteiger partial charge in [0.15, 0.2) is 5.58 Å². The topological polar surface area (TPSA) is 29.3 Å². The van der Waals surface area contributed by atoms with Gasteiger partial charge >= 0.3 is 0 Å². The monoisotopic (exact) mass is 392 g/mol. The second-order valence-corrected chi connectivity index (χ2v) is 7.92. The number of anilines is 1. The number of nitrogens with zero attached hydrogens (tertiary/aromatic N) is 2. The summed E-state index contributed by atoms with van der Waals surface area (Å²) < 4.78 is 6.23. The first-order valence-corrected chi connectivity index (χ1v) is 10.4. The molecule has 0 atom stereocenters. The van der Waals surface area contributed by atoms with Crippen molar-refractivity contribution < 1.29 is 4.42 Å². The van der Waals surface area contributed by atoms with Crippen molar-refractivity contribution in [2.45, 2.75) is 13.8 Å². The van der Waals surface area contributed by atoms with Crippen LogP contribution in [-0.2, 0) is 0 Å². The SMILES string of the molecule is CC(C)C1=CCN(c2cc(-c3ccccc3)c3nc(-c4ccccc4)oc3c2)C=C1. The number of allylic oxidation sites excluding steroid dienone is 2. The molecule has 0 spiro atoms. The molecule has 3 aromatic carbocycles. The Morgan fingerprint density at radius 1 is 0.900 bits per heavy atom. The molecule has 5 rings (SSSR count). The highest BCUT2D eigenvalue weighted by molar-refractivity contribution is 5.95. The normalized spacial score (nSPS) is 13.8. The quantitative estimate of drug-likeness (QED) is 0.372. The van der Waals surface area contributed by atoms with Gasteiger partial charge in [0, 0.05) is 35.6 Å². The number of fused-ring (bicyclic) bond motifs is 1. The van der Waals surface area contributed by atoms with Crippen molar-refractivity contribution in [1.29, 1.82) is 0 Å². The van der Waals surface area contributed by atoms with Crippen molar-refractivity contribution in [1.82, 2.24) is 4.98 Å². The molecule has 2 heterocycles. The lowest BCUT2D eigenvalue weighted by Gasteiger charge is -2.24. The molecule has 1 aliphatic heterocycles. The van der Waals surface area contributed by atoms with Crippen molar-refractivity contribution in [3.05, 3.63) is 96.7 Å². The maximum absolute atomic E-state index is 6.23. The molecule has 0 amide bonds. The van der Waals surface area contributed by atoms with Crippen LogP contribution in [0.2, 0.25) is 0 Å². The van der Waals surface area contributed by atoms with Gasteiger partial charge in [-0.15, -0.1) is 0 Å². The fraction of sp³-hybridized carbons (Fsp3) is 0.148. The largest absolute Gasteiger partial charge is 0.436 e. The summed E-state index contributed by atoms with van der Waals surface area (Å²) in [6.45, 7) is 5.31. The van der Waals surface area contributed by atoms with E-state index in [1.807, 2.05) is 36.4 Å². The summed E-state index contributed by atoms with van der Waals surface area (Å²) in [5.74, 6) is 1.18. The Balaban J connectivity index is 1.64. The Bertz CT molecular complexity index is 1230. The van der Waals surface area contributed by atoms with Crippen molar-refractivity contribution in [3.8, 4) is 22.6 Å². The maximum atomic E-state index is 6.23. The molecule has 1 aliphatic rings. The average Bonchev–Trinajstić information content (AvgIpc) is 3.24. The minimum absolute atomic E-state index is 0.536. The molecule has 0 bridgehead atoms. The predicted octanol–water partition coefficient (Wildman–Crippen LogP) is 7.08. The van der Waals surface area contributed by atoms with E-state index in [2.05, 4.69) is 73.5 Å². The minimum atomic E-state index is 0.536. The lowest BCUT2D eigenvalue weighted by atomic mass is 10.00. The lowest BCUT2D eigenvalue weighted by molar-refractivity contribution is 0.620. The number of rotatable bonds is 4. The summed E-state index contributed by atoms with van der Waals surface area (Å²) in [4.78, 5) is 7.12. The van der Waals surface area contributed by atoms with Crippen LogP contribution in [0.4, 0.5) is 5.69 Å². The van der Waals surface area contributed by atoms with E-state index in [0.29, 0.717) is 11.8 Å². The number of aromatic nitrogens is 1. The molecular formula is C27H24N2O. The number of hydrogen-bond donors (Lipinski definition) is 0. The molecule has 0 saturated heterocycles. The van der Waals surface area contributed by atoms with Crippen LogP contribution in [0, 0.1) is 5.92 Å². The zero-order valence-electron chi connectivity index (χ0n) is 17.2. The van der Waals surface area contributed by atoms with Crippen molar-refractivity contribution in [2.75, 3.05) is 11.4 Å². The molecule has 0 radical (unpaired) electrons. The third-order valence-electron chi connectivity index (χ3n) is 5.55. The third-order valence-corrected chi connectivity index (χ3v) is 5.55. The first-order valence-electron chi connectivity index (χ1n) is 10.4. The Morgan fingerprint density at radius 3 is 2.23 bits per heavy atom. The van der Waals surface area contributed by atoms with Gasteiger partial charge in [-0.25, -0.2) is 4.98 Å². The number of hydrogen-bond acceptors (Lipinski definition) is 3.